The van der Waals surface area contributed by atoms with Gasteiger partial charge in [-0.1, -0.05) is 74.0 Å². The van der Waals surface area contributed by atoms with Crippen LogP contribution in [0, 0.1) is 5.92 Å². The largest absolute Gasteiger partial charge is 0.462 e. The summed E-state index contributed by atoms with van der Waals surface area (Å²) in [7, 11) is 0. The van der Waals surface area contributed by atoms with Crippen molar-refractivity contribution in [1.82, 2.24) is 10.4 Å². The number of esters is 2. The molecule has 3 amide bonds. The summed E-state index contributed by atoms with van der Waals surface area (Å²) in [5.41, 5.74) is 4.95. The van der Waals surface area contributed by atoms with Crippen molar-refractivity contribution in [1.29, 1.82) is 0 Å². The van der Waals surface area contributed by atoms with Gasteiger partial charge < -0.3 is 14.8 Å². The van der Waals surface area contributed by atoms with Crippen LogP contribution in [0.3, 0.4) is 0 Å². The number of ether oxygens (including phenoxy) is 2. The molecule has 3 aromatic carbocycles. The number of unbranched alkanes of at least 4 members (excludes halogenated alkanes) is 1. The smallest absolute Gasteiger partial charge is 0.338 e. The number of nitrogens with one attached hydrogen (secondary N) is 2. The van der Waals surface area contributed by atoms with E-state index >= 15 is 0 Å². The molecule has 1 fully saturated rings. The summed E-state index contributed by atoms with van der Waals surface area (Å²) >= 11 is 0. The van der Waals surface area contributed by atoms with Gasteiger partial charge in [-0.2, -0.15) is 0 Å². The second-order valence-electron chi connectivity index (χ2n) is 9.86. The van der Waals surface area contributed by atoms with Crippen LogP contribution in [0.2, 0.25) is 0 Å². The van der Waals surface area contributed by atoms with Crippen molar-refractivity contribution in [2.75, 3.05) is 25.1 Å². The molecule has 4 rings (SSSR count). The third kappa shape index (κ3) is 8.03. The van der Waals surface area contributed by atoms with Gasteiger partial charge in [-0.3, -0.25) is 29.6 Å². The van der Waals surface area contributed by atoms with E-state index in [9.17, 15) is 24.0 Å². The Kier molecular flexibility index (Phi) is 10.4. The molecular weight excluding hydrogens is 538 g/mol. The van der Waals surface area contributed by atoms with Gasteiger partial charge in [-0.15, -0.1) is 0 Å². The molecule has 1 saturated heterocycles. The Labute approximate surface area is 244 Å². The number of amides is 3. The molecule has 0 radical (unpaired) electrons. The summed E-state index contributed by atoms with van der Waals surface area (Å²) in [4.78, 5) is 62.9. The first-order chi connectivity index (χ1) is 20.4. The molecule has 0 spiro atoms. The summed E-state index contributed by atoms with van der Waals surface area (Å²) in [5.74, 6) is -4.07. The molecular formula is C32H33N3O7. The molecule has 0 bridgehead atoms. The molecule has 1 heterocycles. The first kappa shape index (κ1) is 30.0. The maximum Gasteiger partial charge on any atom is 0.338 e. The third-order valence-electron chi connectivity index (χ3n) is 6.71. The second kappa shape index (κ2) is 14.6. The van der Waals surface area contributed by atoms with Crippen LogP contribution in [0.1, 0.15) is 53.6 Å². The average Bonchev–Trinajstić information content (AvgIpc) is 3.37. The van der Waals surface area contributed by atoms with E-state index in [1.54, 1.807) is 12.1 Å². The van der Waals surface area contributed by atoms with Crippen molar-refractivity contribution >= 4 is 35.3 Å². The monoisotopic (exact) mass is 571 g/mol. The lowest BCUT2D eigenvalue weighted by Gasteiger charge is -2.23. The Morgan fingerprint density at radius 2 is 1.50 bits per heavy atom. The van der Waals surface area contributed by atoms with E-state index in [-0.39, 0.29) is 13.0 Å². The van der Waals surface area contributed by atoms with Crippen molar-refractivity contribution in [2.45, 2.75) is 32.1 Å². The van der Waals surface area contributed by atoms with Gasteiger partial charge in [-0.25, -0.2) is 4.79 Å². The number of anilines is 1. The zero-order chi connectivity index (χ0) is 29.9. The van der Waals surface area contributed by atoms with Crippen LogP contribution in [0.25, 0.3) is 0 Å². The highest BCUT2D eigenvalue weighted by molar-refractivity contribution is 5.95. The van der Waals surface area contributed by atoms with Gasteiger partial charge in [-0.05, 0) is 41.8 Å². The fraction of sp³-hybridized carbons (Fsp3) is 0.281. The van der Waals surface area contributed by atoms with Crippen LogP contribution in [-0.2, 0) is 28.7 Å². The zero-order valence-corrected chi connectivity index (χ0v) is 23.3. The summed E-state index contributed by atoms with van der Waals surface area (Å²) in [6.07, 6.45) is 1.54. The fourth-order valence-corrected chi connectivity index (χ4v) is 4.49. The highest BCUT2D eigenvalue weighted by atomic mass is 16.5. The predicted octanol–water partition coefficient (Wildman–Crippen LogP) is 3.84. The second-order valence-corrected chi connectivity index (χ2v) is 9.86. The molecule has 0 saturated carbocycles. The summed E-state index contributed by atoms with van der Waals surface area (Å²) in [6.45, 7) is 1.72. The van der Waals surface area contributed by atoms with Gasteiger partial charge in [0.15, 0.2) is 6.61 Å². The molecule has 0 unspecified atom stereocenters. The van der Waals surface area contributed by atoms with Crippen LogP contribution in [-0.4, -0.2) is 54.4 Å². The highest BCUT2D eigenvalue weighted by Gasteiger charge is 2.37. The lowest BCUT2D eigenvalue weighted by molar-refractivity contribution is -0.151. The number of carbonyl (C=O) groups is 5. The molecule has 0 aromatic heterocycles. The van der Waals surface area contributed by atoms with E-state index < -0.39 is 48.1 Å². The Hall–Kier alpha value is -4.99. The fourth-order valence-electron chi connectivity index (χ4n) is 4.49. The van der Waals surface area contributed by atoms with E-state index in [2.05, 4.69) is 10.7 Å². The van der Waals surface area contributed by atoms with Gasteiger partial charge in [0.05, 0.1) is 30.6 Å². The molecule has 3 aromatic rings. The quantitative estimate of drug-likeness (QED) is 0.250. The summed E-state index contributed by atoms with van der Waals surface area (Å²) < 4.78 is 10.3. The summed E-state index contributed by atoms with van der Waals surface area (Å²) in [6, 6.07) is 24.6. The molecule has 2 N–H and O–H groups in total. The van der Waals surface area contributed by atoms with E-state index in [0.29, 0.717) is 17.9 Å². The normalized spacial score (nSPS) is 14.4. The minimum absolute atomic E-state index is 0.0723. The average molecular weight is 572 g/mol. The lowest BCUT2D eigenvalue weighted by Crippen LogP contribution is -2.45. The van der Waals surface area contributed by atoms with E-state index in [0.717, 1.165) is 29.0 Å². The number of nitrogens with zero attached hydrogens (tertiary/aromatic N) is 1. The van der Waals surface area contributed by atoms with Gasteiger partial charge in [0.1, 0.15) is 0 Å². The number of hydrazine groups is 1. The topological polar surface area (TPSA) is 131 Å². The molecule has 218 valence electrons. The first-order valence-electron chi connectivity index (χ1n) is 13.8. The number of hydrogen-bond donors (Lipinski definition) is 2. The first-order valence-corrected chi connectivity index (χ1v) is 13.8. The van der Waals surface area contributed by atoms with Crippen molar-refractivity contribution in [3.63, 3.8) is 0 Å². The van der Waals surface area contributed by atoms with Crippen LogP contribution in [0.15, 0.2) is 84.9 Å². The Morgan fingerprint density at radius 3 is 2.10 bits per heavy atom. The maximum absolute atomic E-state index is 13.3. The van der Waals surface area contributed by atoms with Crippen molar-refractivity contribution in [2.24, 2.45) is 5.92 Å². The van der Waals surface area contributed by atoms with Crippen molar-refractivity contribution < 1.29 is 33.4 Å². The van der Waals surface area contributed by atoms with Crippen LogP contribution >= 0.6 is 0 Å². The Morgan fingerprint density at radius 1 is 0.881 bits per heavy atom. The number of benzene rings is 3. The number of hydrogen-bond acceptors (Lipinski definition) is 7. The predicted molar refractivity (Wildman–Crippen MR) is 154 cm³/mol. The SMILES string of the molecule is CCCCOC(=O)c1ccc(NC(=O)COC(=O)[C@H]2CC(=O)N(NC(=O)C(c3ccccc3)c3ccccc3)C2)cc1. The zero-order valence-electron chi connectivity index (χ0n) is 23.3. The van der Waals surface area contributed by atoms with Crippen LogP contribution < -0.4 is 10.7 Å². The standard InChI is InChI=1S/C32H33N3O7/c1-2-3-18-41-31(39)24-14-16-26(17-15-24)33-27(36)21-42-32(40)25-19-28(37)35(20-25)34-30(38)29(22-10-6-4-7-11-22)23-12-8-5-9-13-23/h4-17,25,29H,2-3,18-21H2,1H3,(H,33,36)(H,34,38)/t25-/m0/s1. The van der Waals surface area contributed by atoms with Crippen LogP contribution in [0.5, 0.6) is 0 Å². The third-order valence-corrected chi connectivity index (χ3v) is 6.71. The lowest BCUT2D eigenvalue weighted by atomic mass is 9.91. The van der Waals surface area contributed by atoms with Crippen molar-refractivity contribution in [3.8, 4) is 0 Å². The van der Waals surface area contributed by atoms with E-state index in [1.165, 1.54) is 12.1 Å². The molecule has 1 atom stereocenters. The van der Waals surface area contributed by atoms with Gasteiger partial charge >= 0.3 is 11.9 Å². The summed E-state index contributed by atoms with van der Waals surface area (Å²) in [5, 5.41) is 3.72. The van der Waals surface area contributed by atoms with Gasteiger partial charge in [0.2, 0.25) is 5.91 Å². The Bertz CT molecular complexity index is 1360. The minimum atomic E-state index is -0.837. The number of rotatable bonds is 12. The molecule has 1 aliphatic rings. The molecule has 10 heteroatoms. The van der Waals surface area contributed by atoms with Crippen LogP contribution in [0.4, 0.5) is 5.69 Å². The minimum Gasteiger partial charge on any atom is -0.462 e. The Balaban J connectivity index is 1.27. The number of carbonyl (C=O) groups excluding carboxylic acids is 5. The van der Waals surface area contributed by atoms with E-state index in [1.807, 2.05) is 67.6 Å². The van der Waals surface area contributed by atoms with Gasteiger partial charge in [0.25, 0.3) is 11.8 Å². The van der Waals surface area contributed by atoms with E-state index in [4.69, 9.17) is 9.47 Å². The maximum atomic E-state index is 13.3. The van der Waals surface area contributed by atoms with Gasteiger partial charge in [0, 0.05) is 12.1 Å². The molecule has 42 heavy (non-hydrogen) atoms. The molecule has 1 aliphatic heterocycles. The molecule has 0 aliphatic carbocycles. The van der Waals surface area contributed by atoms with Crippen molar-refractivity contribution in [3.05, 3.63) is 102 Å². The molecule has 10 nitrogen and oxygen atoms in total. The highest BCUT2D eigenvalue weighted by Crippen LogP contribution is 2.26.